The van der Waals surface area contributed by atoms with Gasteiger partial charge >= 0.3 is 0 Å². The molecule has 5 rings (SSSR count). The second-order valence-corrected chi connectivity index (χ2v) is 14.0. The maximum absolute atomic E-state index is 14.3. The summed E-state index contributed by atoms with van der Waals surface area (Å²) in [6.45, 7) is 5.49. The molecule has 0 unspecified atom stereocenters. The van der Waals surface area contributed by atoms with Crippen LogP contribution in [0.15, 0.2) is 24.4 Å². The van der Waals surface area contributed by atoms with Crippen LogP contribution in [0.4, 0.5) is 4.39 Å². The summed E-state index contributed by atoms with van der Waals surface area (Å²) in [5, 5.41) is 14.3. The highest BCUT2D eigenvalue weighted by Crippen LogP contribution is 2.35. The Morgan fingerprint density at radius 3 is 2.52 bits per heavy atom. The number of fused-ring (bicyclic) bond motifs is 4. The number of hydrogen-bond acceptors (Lipinski definition) is 7. The molecule has 1 aromatic heterocycles. The number of nitrogens with one attached hydrogen (secondary N) is 2. The lowest BCUT2D eigenvalue weighted by atomic mass is 10.0. The highest BCUT2D eigenvalue weighted by Gasteiger charge is 2.42. The molecule has 12 nitrogen and oxygen atoms in total. The van der Waals surface area contributed by atoms with Gasteiger partial charge in [-0.15, -0.1) is 5.10 Å². The Balaban J connectivity index is 1.39. The fourth-order valence-corrected chi connectivity index (χ4v) is 6.64. The Hall–Kier alpha value is -4.03. The van der Waals surface area contributed by atoms with E-state index < -0.39 is 29.8 Å². The number of hydrogen-bond donors (Lipinski definition) is 2. The van der Waals surface area contributed by atoms with Gasteiger partial charge in [0.2, 0.25) is 17.7 Å². The number of rotatable bonds is 4. The Kier molecular flexibility index (Phi) is 12.0. The second-order valence-electron chi connectivity index (χ2n) is 14.0. The average Bonchev–Trinajstić information content (AvgIpc) is 3.54. The van der Waals surface area contributed by atoms with E-state index in [-0.39, 0.29) is 41.6 Å². The molecular weight excluding hydrogens is 617 g/mol. The minimum atomic E-state index is -0.922. The van der Waals surface area contributed by atoms with Crippen molar-refractivity contribution in [3.05, 3.63) is 41.5 Å². The maximum atomic E-state index is 14.3. The van der Waals surface area contributed by atoms with Gasteiger partial charge in [-0.25, -0.2) is 4.39 Å². The first-order valence-electron chi connectivity index (χ1n) is 17.6. The van der Waals surface area contributed by atoms with E-state index in [2.05, 4.69) is 20.9 Å². The molecule has 1 saturated carbocycles. The lowest BCUT2D eigenvalue weighted by Crippen LogP contribution is -2.57. The van der Waals surface area contributed by atoms with Crippen molar-refractivity contribution in [3.63, 3.8) is 0 Å². The highest BCUT2D eigenvalue weighted by molar-refractivity contribution is 6.00. The fourth-order valence-electron chi connectivity index (χ4n) is 6.64. The topological polar surface area (TPSA) is 139 Å². The minimum absolute atomic E-state index is 0.0172. The van der Waals surface area contributed by atoms with Crippen molar-refractivity contribution in [2.45, 2.75) is 116 Å². The van der Waals surface area contributed by atoms with E-state index in [4.69, 9.17) is 4.74 Å². The number of aromatic nitrogens is 3. The van der Waals surface area contributed by atoms with Gasteiger partial charge in [0.05, 0.1) is 11.8 Å². The zero-order valence-corrected chi connectivity index (χ0v) is 28.5. The van der Waals surface area contributed by atoms with Gasteiger partial charge in [-0.1, -0.05) is 51.2 Å². The van der Waals surface area contributed by atoms with Crippen molar-refractivity contribution in [2.24, 2.45) is 11.8 Å². The minimum Gasteiger partial charge on any atom is -0.486 e. The lowest BCUT2D eigenvalue weighted by Gasteiger charge is -2.34. The van der Waals surface area contributed by atoms with Crippen LogP contribution in [0.2, 0.25) is 0 Å². The summed E-state index contributed by atoms with van der Waals surface area (Å²) < 4.78 is 22.0. The van der Waals surface area contributed by atoms with E-state index in [0.717, 1.165) is 51.0 Å². The Bertz CT molecular complexity index is 1440. The molecule has 2 aromatic rings. The SMILES string of the molecule is CC(C)C[C@H]1NC(=O)c2ccc(F)cc2OCc2cn(nn2)CCCCCCCNC(=O)[C@H](CC2CC2)N(C)C(=O)[C@H]2CCCN2C1=O. The van der Waals surface area contributed by atoms with Crippen LogP contribution >= 0.6 is 0 Å². The van der Waals surface area contributed by atoms with Crippen LogP contribution in [-0.2, 0) is 27.5 Å². The van der Waals surface area contributed by atoms with Gasteiger partial charge in [-0.05, 0) is 62.5 Å². The third kappa shape index (κ3) is 9.31. The third-order valence-corrected chi connectivity index (χ3v) is 9.52. The molecule has 4 amide bonds. The van der Waals surface area contributed by atoms with Crippen LogP contribution in [-0.4, -0.2) is 86.7 Å². The molecule has 2 aliphatic heterocycles. The summed E-state index contributed by atoms with van der Waals surface area (Å²) in [6.07, 6.45) is 10.7. The molecule has 1 aliphatic carbocycles. The molecule has 3 heterocycles. The van der Waals surface area contributed by atoms with Crippen molar-refractivity contribution in [1.29, 1.82) is 0 Å². The van der Waals surface area contributed by atoms with Crippen LogP contribution in [0.25, 0.3) is 0 Å². The van der Waals surface area contributed by atoms with Crippen LogP contribution in [0.3, 0.4) is 0 Å². The molecule has 1 aromatic carbocycles. The summed E-state index contributed by atoms with van der Waals surface area (Å²) in [5.41, 5.74) is 0.619. The van der Waals surface area contributed by atoms with Gasteiger partial charge in [0.25, 0.3) is 5.91 Å². The van der Waals surface area contributed by atoms with Crippen molar-refractivity contribution < 1.29 is 28.3 Å². The zero-order chi connectivity index (χ0) is 34.2. The molecule has 2 fully saturated rings. The van der Waals surface area contributed by atoms with E-state index in [1.54, 1.807) is 27.7 Å². The van der Waals surface area contributed by atoms with Crippen molar-refractivity contribution in [1.82, 2.24) is 35.4 Å². The first kappa shape index (κ1) is 35.3. The van der Waals surface area contributed by atoms with E-state index in [1.165, 1.54) is 12.1 Å². The van der Waals surface area contributed by atoms with Gasteiger partial charge < -0.3 is 25.2 Å². The number of likely N-dealkylation sites (N-methyl/N-ethyl adjacent to an activating group) is 1. The van der Waals surface area contributed by atoms with Crippen LogP contribution in [0.5, 0.6) is 5.75 Å². The quantitative estimate of drug-likeness (QED) is 0.505. The predicted octanol–water partition coefficient (Wildman–Crippen LogP) is 3.84. The first-order valence-corrected chi connectivity index (χ1v) is 17.6. The molecule has 3 atom stereocenters. The first-order chi connectivity index (χ1) is 23.1. The summed E-state index contributed by atoms with van der Waals surface area (Å²) in [5.74, 6) is -1.42. The van der Waals surface area contributed by atoms with Crippen LogP contribution in [0, 0.1) is 17.7 Å². The van der Waals surface area contributed by atoms with E-state index in [1.807, 2.05) is 13.8 Å². The lowest BCUT2D eigenvalue weighted by molar-refractivity contribution is -0.147. The van der Waals surface area contributed by atoms with Crippen molar-refractivity contribution >= 4 is 23.6 Å². The average molecular weight is 668 g/mol. The Labute approximate surface area is 282 Å². The number of nitrogens with zero attached hydrogens (tertiary/aromatic N) is 5. The maximum Gasteiger partial charge on any atom is 0.255 e. The van der Waals surface area contributed by atoms with Gasteiger partial charge in [-0.3, -0.25) is 23.9 Å². The number of aryl methyl sites for hydroxylation is 1. The standard InChI is InChI=1S/C35H50FN7O5/c1-23(2)18-28-34(46)43-17-9-10-29(43)35(47)41(3)30(19-24-11-12-24)33(45)37-15-7-5-4-6-8-16-42-21-26(39-40-42)22-48-31-20-25(36)13-14-27(31)32(44)38-28/h13-14,20-21,23-24,28-30H,4-12,15-19,22H2,1-3H3,(H,37,45)(H,38,44)/t28-,29-,30+/m1/s1. The number of amides is 4. The van der Waals surface area contributed by atoms with Gasteiger partial charge in [-0.2, -0.15) is 0 Å². The zero-order valence-electron chi connectivity index (χ0n) is 28.5. The molecule has 0 spiro atoms. The normalized spacial score (nSPS) is 24.2. The summed E-state index contributed by atoms with van der Waals surface area (Å²) in [7, 11) is 1.67. The van der Waals surface area contributed by atoms with E-state index in [0.29, 0.717) is 56.9 Å². The van der Waals surface area contributed by atoms with Crippen molar-refractivity contribution in [3.8, 4) is 5.75 Å². The van der Waals surface area contributed by atoms with E-state index >= 15 is 0 Å². The number of halogens is 1. The smallest absolute Gasteiger partial charge is 0.255 e. The molecule has 48 heavy (non-hydrogen) atoms. The predicted molar refractivity (Wildman–Crippen MR) is 176 cm³/mol. The molecule has 262 valence electrons. The second kappa shape index (κ2) is 16.4. The van der Waals surface area contributed by atoms with Crippen molar-refractivity contribution in [2.75, 3.05) is 20.1 Å². The number of ether oxygens (including phenoxy) is 1. The summed E-state index contributed by atoms with van der Waals surface area (Å²) in [6, 6.07) is 1.40. The summed E-state index contributed by atoms with van der Waals surface area (Å²) in [4.78, 5) is 58.3. The van der Waals surface area contributed by atoms with Gasteiger partial charge in [0, 0.05) is 32.7 Å². The number of benzene rings is 1. The molecule has 3 aliphatic rings. The molecule has 13 heteroatoms. The Morgan fingerprint density at radius 1 is 0.979 bits per heavy atom. The van der Waals surface area contributed by atoms with Crippen LogP contribution < -0.4 is 15.4 Å². The largest absolute Gasteiger partial charge is 0.486 e. The number of carbonyl (C=O) groups is 4. The molecule has 2 N–H and O–H groups in total. The Morgan fingerprint density at radius 2 is 1.75 bits per heavy atom. The molecule has 1 saturated heterocycles. The monoisotopic (exact) mass is 667 g/mol. The highest BCUT2D eigenvalue weighted by atomic mass is 19.1. The molecular formula is C35H50FN7O5. The van der Waals surface area contributed by atoms with Gasteiger partial charge in [0.1, 0.15) is 42.0 Å². The third-order valence-electron chi connectivity index (χ3n) is 9.52. The molecule has 2 bridgehead atoms. The van der Waals surface area contributed by atoms with E-state index in [9.17, 15) is 23.6 Å². The molecule has 0 radical (unpaired) electrons. The fraction of sp³-hybridized carbons (Fsp3) is 0.657. The van der Waals surface area contributed by atoms with Gasteiger partial charge in [0.15, 0.2) is 0 Å². The number of carbonyl (C=O) groups excluding carboxylic acids is 4. The van der Waals surface area contributed by atoms with Crippen LogP contribution in [0.1, 0.15) is 101 Å². The summed E-state index contributed by atoms with van der Waals surface area (Å²) >= 11 is 0.